The maximum atomic E-state index is 8.47. The zero-order valence-corrected chi connectivity index (χ0v) is 7.47. The number of hydrogen-bond acceptors (Lipinski definition) is 3. The Hall–Kier alpha value is -2.08. The second-order valence-electron chi connectivity index (χ2n) is 2.84. The molecule has 0 N–H and O–H groups in total. The first-order valence-electron chi connectivity index (χ1n) is 4.27. The van der Waals surface area contributed by atoms with Crippen LogP contribution in [-0.4, -0.2) is 4.98 Å². The van der Waals surface area contributed by atoms with Gasteiger partial charge in [-0.05, 0) is 12.1 Å². The first kappa shape index (κ1) is 8.52. The molecule has 0 saturated carbocycles. The smallest absolute Gasteiger partial charge is 0.226 e. The summed E-state index contributed by atoms with van der Waals surface area (Å²) in [4.78, 5) is 4.18. The number of rotatable bonds is 2. The molecule has 0 aliphatic carbocycles. The highest BCUT2D eigenvalue weighted by Gasteiger charge is 2.04. The van der Waals surface area contributed by atoms with Gasteiger partial charge in [0.1, 0.15) is 6.26 Å². The largest absolute Gasteiger partial charge is 0.444 e. The molecule has 2 aromatic rings. The van der Waals surface area contributed by atoms with Gasteiger partial charge >= 0.3 is 0 Å². The molecule has 3 heteroatoms. The Bertz CT molecular complexity index is 454. The van der Waals surface area contributed by atoms with Gasteiger partial charge in [0.05, 0.1) is 18.2 Å². The van der Waals surface area contributed by atoms with Crippen molar-refractivity contribution < 1.29 is 4.42 Å². The Morgan fingerprint density at radius 3 is 2.79 bits per heavy atom. The summed E-state index contributed by atoms with van der Waals surface area (Å²) in [5.41, 5.74) is 1.60. The van der Waals surface area contributed by atoms with Crippen molar-refractivity contribution in [2.75, 3.05) is 0 Å². The van der Waals surface area contributed by atoms with Crippen LogP contribution >= 0.6 is 0 Å². The van der Waals surface area contributed by atoms with Gasteiger partial charge < -0.3 is 4.42 Å². The van der Waals surface area contributed by atoms with E-state index in [0.717, 1.165) is 5.56 Å². The van der Waals surface area contributed by atoms with Crippen molar-refractivity contribution in [3.8, 4) is 17.5 Å². The highest BCUT2D eigenvalue weighted by atomic mass is 16.3. The van der Waals surface area contributed by atoms with Gasteiger partial charge in [0.2, 0.25) is 5.89 Å². The van der Waals surface area contributed by atoms with Gasteiger partial charge in [0, 0.05) is 5.56 Å². The van der Waals surface area contributed by atoms with Crippen molar-refractivity contribution in [3.05, 3.63) is 42.3 Å². The van der Waals surface area contributed by atoms with Gasteiger partial charge in [-0.25, -0.2) is 4.98 Å². The van der Waals surface area contributed by atoms with Gasteiger partial charge in [-0.2, -0.15) is 5.26 Å². The molecule has 14 heavy (non-hydrogen) atoms. The van der Waals surface area contributed by atoms with Crippen LogP contribution in [0.5, 0.6) is 0 Å². The number of hydrogen-bond donors (Lipinski definition) is 0. The van der Waals surface area contributed by atoms with Gasteiger partial charge in [-0.1, -0.05) is 18.2 Å². The van der Waals surface area contributed by atoms with Crippen molar-refractivity contribution in [3.63, 3.8) is 0 Å². The van der Waals surface area contributed by atoms with E-state index in [4.69, 9.17) is 9.68 Å². The number of nitriles is 1. The van der Waals surface area contributed by atoms with Gasteiger partial charge in [-0.3, -0.25) is 0 Å². The zero-order valence-electron chi connectivity index (χ0n) is 7.47. The van der Waals surface area contributed by atoms with Crippen molar-refractivity contribution in [2.24, 2.45) is 0 Å². The van der Waals surface area contributed by atoms with Crippen LogP contribution in [0.3, 0.4) is 0 Å². The molecule has 0 radical (unpaired) electrons. The zero-order chi connectivity index (χ0) is 9.80. The minimum absolute atomic E-state index is 0.288. The highest BCUT2D eigenvalue weighted by Crippen LogP contribution is 2.17. The Morgan fingerprint density at radius 2 is 2.07 bits per heavy atom. The third kappa shape index (κ3) is 1.64. The third-order valence-corrected chi connectivity index (χ3v) is 1.83. The minimum Gasteiger partial charge on any atom is -0.444 e. The number of nitrogens with zero attached hydrogens (tertiary/aromatic N) is 2. The molecular weight excluding hydrogens is 176 g/mol. The van der Waals surface area contributed by atoms with Crippen LogP contribution in [-0.2, 0) is 6.42 Å². The van der Waals surface area contributed by atoms with Crippen LogP contribution in [0.2, 0.25) is 0 Å². The predicted molar refractivity (Wildman–Crippen MR) is 51.3 cm³/mol. The summed E-state index contributed by atoms with van der Waals surface area (Å²) in [5, 5.41) is 8.47. The van der Waals surface area contributed by atoms with E-state index in [1.54, 1.807) is 0 Å². The topological polar surface area (TPSA) is 49.8 Å². The van der Waals surface area contributed by atoms with E-state index < -0.39 is 0 Å². The van der Waals surface area contributed by atoms with E-state index in [1.165, 1.54) is 6.26 Å². The average molecular weight is 184 g/mol. The Kier molecular flexibility index (Phi) is 2.28. The van der Waals surface area contributed by atoms with Crippen molar-refractivity contribution in [2.45, 2.75) is 6.42 Å². The van der Waals surface area contributed by atoms with E-state index in [0.29, 0.717) is 11.6 Å². The van der Waals surface area contributed by atoms with Crippen molar-refractivity contribution in [1.82, 2.24) is 4.98 Å². The molecule has 0 unspecified atom stereocenters. The van der Waals surface area contributed by atoms with Crippen LogP contribution < -0.4 is 0 Å². The van der Waals surface area contributed by atoms with Crippen LogP contribution in [0.4, 0.5) is 0 Å². The fourth-order valence-corrected chi connectivity index (χ4v) is 1.18. The van der Waals surface area contributed by atoms with E-state index in [1.807, 2.05) is 36.4 Å². The predicted octanol–water partition coefficient (Wildman–Crippen LogP) is 2.41. The lowest BCUT2D eigenvalue weighted by Crippen LogP contribution is -1.81. The Morgan fingerprint density at radius 1 is 1.29 bits per heavy atom. The molecule has 0 fully saturated rings. The summed E-state index contributed by atoms with van der Waals surface area (Å²) in [7, 11) is 0. The molecule has 0 aliphatic rings. The first-order chi connectivity index (χ1) is 6.90. The van der Waals surface area contributed by atoms with Gasteiger partial charge in [-0.15, -0.1) is 0 Å². The monoisotopic (exact) mass is 184 g/mol. The summed E-state index contributed by atoms with van der Waals surface area (Å²) < 4.78 is 5.24. The summed E-state index contributed by atoms with van der Waals surface area (Å²) in [6.45, 7) is 0. The molecule has 0 saturated heterocycles. The molecule has 2 rings (SSSR count). The van der Waals surface area contributed by atoms with Crippen LogP contribution in [0, 0.1) is 11.3 Å². The molecule has 0 spiro atoms. The van der Waals surface area contributed by atoms with E-state index >= 15 is 0 Å². The SMILES string of the molecule is N#CCc1coc(-c2ccccc2)n1. The van der Waals surface area contributed by atoms with E-state index in [2.05, 4.69) is 4.98 Å². The van der Waals surface area contributed by atoms with Crippen molar-refractivity contribution >= 4 is 0 Å². The second kappa shape index (κ2) is 3.75. The fraction of sp³-hybridized carbons (Fsp3) is 0.0909. The molecule has 0 amide bonds. The molecule has 1 aromatic heterocycles. The first-order valence-corrected chi connectivity index (χ1v) is 4.27. The Labute approximate surface area is 81.6 Å². The van der Waals surface area contributed by atoms with Gasteiger partial charge in [0.15, 0.2) is 0 Å². The van der Waals surface area contributed by atoms with Crippen LogP contribution in [0.25, 0.3) is 11.5 Å². The summed E-state index contributed by atoms with van der Waals surface area (Å²) in [6, 6.07) is 11.6. The molecule has 3 nitrogen and oxygen atoms in total. The van der Waals surface area contributed by atoms with Crippen LogP contribution in [0.1, 0.15) is 5.69 Å². The van der Waals surface area contributed by atoms with Crippen molar-refractivity contribution in [1.29, 1.82) is 5.26 Å². The standard InChI is InChI=1S/C11H8N2O/c12-7-6-10-8-14-11(13-10)9-4-2-1-3-5-9/h1-5,8H,6H2. The average Bonchev–Trinajstić information content (AvgIpc) is 2.68. The summed E-state index contributed by atoms with van der Waals surface area (Å²) in [6.07, 6.45) is 1.81. The quantitative estimate of drug-likeness (QED) is 0.720. The molecule has 0 atom stereocenters. The fourth-order valence-electron chi connectivity index (χ4n) is 1.18. The molecule has 0 aliphatic heterocycles. The molecule has 1 aromatic carbocycles. The number of benzene rings is 1. The molecule has 1 heterocycles. The van der Waals surface area contributed by atoms with Gasteiger partial charge in [0.25, 0.3) is 0 Å². The summed E-state index contributed by atoms with van der Waals surface area (Å²) in [5.74, 6) is 0.566. The maximum absolute atomic E-state index is 8.47. The normalized spacial score (nSPS) is 9.64. The number of oxazole rings is 1. The molecular formula is C11H8N2O. The highest BCUT2D eigenvalue weighted by molar-refractivity contribution is 5.52. The second-order valence-corrected chi connectivity index (χ2v) is 2.84. The molecule has 0 bridgehead atoms. The number of aromatic nitrogens is 1. The van der Waals surface area contributed by atoms with E-state index in [-0.39, 0.29) is 6.42 Å². The lowest BCUT2D eigenvalue weighted by Gasteiger charge is -1.91. The third-order valence-electron chi connectivity index (χ3n) is 1.83. The maximum Gasteiger partial charge on any atom is 0.226 e. The Balaban J connectivity index is 2.31. The van der Waals surface area contributed by atoms with E-state index in [9.17, 15) is 0 Å². The summed E-state index contributed by atoms with van der Waals surface area (Å²) >= 11 is 0. The lowest BCUT2D eigenvalue weighted by atomic mass is 10.2. The minimum atomic E-state index is 0.288. The molecule has 68 valence electrons. The van der Waals surface area contributed by atoms with Crippen LogP contribution in [0.15, 0.2) is 41.0 Å². The lowest BCUT2D eigenvalue weighted by molar-refractivity contribution is 0.573.